The lowest BCUT2D eigenvalue weighted by Crippen LogP contribution is -2.28. The molecule has 0 radical (unpaired) electrons. The molecule has 0 aliphatic heterocycles. The molecule has 0 aliphatic rings. The first-order valence-corrected chi connectivity index (χ1v) is 8.92. The second-order valence-electron chi connectivity index (χ2n) is 6.24. The molecule has 0 fully saturated rings. The number of amides is 1. The van der Waals surface area contributed by atoms with Crippen LogP contribution in [0.15, 0.2) is 41.8 Å². The lowest BCUT2D eigenvalue weighted by Gasteiger charge is -2.15. The molecule has 0 saturated heterocycles. The Kier molecular flexibility index (Phi) is 6.28. The first kappa shape index (κ1) is 17.6. The number of nitrogens with zero attached hydrogens (tertiary/aromatic N) is 2. The van der Waals surface area contributed by atoms with Crippen LogP contribution in [-0.2, 0) is 18.3 Å². The van der Waals surface area contributed by atoms with Gasteiger partial charge in [-0.25, -0.2) is 4.98 Å². The molecule has 1 N–H and O–H groups in total. The average Bonchev–Trinajstić information content (AvgIpc) is 2.90. The Labute approximate surface area is 142 Å². The molecule has 1 aromatic heterocycles. The summed E-state index contributed by atoms with van der Waals surface area (Å²) in [6.45, 7) is 6.45. The fourth-order valence-corrected chi connectivity index (χ4v) is 3.14. The van der Waals surface area contributed by atoms with Gasteiger partial charge in [-0.05, 0) is 30.4 Å². The van der Waals surface area contributed by atoms with Gasteiger partial charge in [0.1, 0.15) is 0 Å². The molecule has 2 rings (SSSR count). The molecule has 0 bridgehead atoms. The zero-order valence-electron chi connectivity index (χ0n) is 14.2. The van der Waals surface area contributed by atoms with E-state index in [0.29, 0.717) is 11.7 Å². The lowest BCUT2D eigenvalue weighted by molar-refractivity contribution is -0.119. The van der Waals surface area contributed by atoms with Crippen molar-refractivity contribution in [3.05, 3.63) is 47.8 Å². The first-order valence-electron chi connectivity index (χ1n) is 7.94. The minimum absolute atomic E-state index is 0.0116. The number of aromatic nitrogens is 2. The van der Waals surface area contributed by atoms with Crippen molar-refractivity contribution in [1.29, 1.82) is 0 Å². The number of carbonyl (C=O) groups is 1. The standard InChI is InChI=1S/C18H25N3OS/c1-13(2)11-15-5-7-16(8-6-15)14(3)20-17(22)12-23-18-19-9-10-21(18)4/h5-10,13-14H,11-12H2,1-4H3,(H,20,22). The van der Waals surface area contributed by atoms with Crippen LogP contribution >= 0.6 is 11.8 Å². The van der Waals surface area contributed by atoms with Gasteiger partial charge in [-0.15, -0.1) is 0 Å². The molecule has 1 atom stereocenters. The van der Waals surface area contributed by atoms with Crippen LogP contribution in [0, 0.1) is 5.92 Å². The smallest absolute Gasteiger partial charge is 0.230 e. The fourth-order valence-electron chi connectivity index (χ4n) is 2.40. The van der Waals surface area contributed by atoms with Gasteiger partial charge >= 0.3 is 0 Å². The van der Waals surface area contributed by atoms with Crippen molar-refractivity contribution in [2.75, 3.05) is 5.75 Å². The van der Waals surface area contributed by atoms with Crippen LogP contribution in [0.1, 0.15) is 37.9 Å². The number of aryl methyl sites for hydroxylation is 1. The van der Waals surface area contributed by atoms with Crippen molar-refractivity contribution < 1.29 is 4.79 Å². The van der Waals surface area contributed by atoms with Crippen LogP contribution in [-0.4, -0.2) is 21.2 Å². The summed E-state index contributed by atoms with van der Waals surface area (Å²) in [4.78, 5) is 16.3. The van der Waals surface area contributed by atoms with Gasteiger partial charge in [-0.3, -0.25) is 4.79 Å². The zero-order valence-corrected chi connectivity index (χ0v) is 15.1. The third-order valence-corrected chi connectivity index (χ3v) is 4.67. The van der Waals surface area contributed by atoms with Crippen LogP contribution in [0.4, 0.5) is 0 Å². The summed E-state index contributed by atoms with van der Waals surface area (Å²) in [6.07, 6.45) is 4.70. The molecular formula is C18H25N3OS. The monoisotopic (exact) mass is 331 g/mol. The van der Waals surface area contributed by atoms with E-state index in [1.54, 1.807) is 6.20 Å². The molecule has 2 aromatic rings. The highest BCUT2D eigenvalue weighted by Crippen LogP contribution is 2.17. The van der Waals surface area contributed by atoms with Gasteiger partial charge in [0.05, 0.1) is 11.8 Å². The third kappa shape index (κ3) is 5.43. The molecule has 1 amide bonds. The van der Waals surface area contributed by atoms with E-state index in [4.69, 9.17) is 0 Å². The topological polar surface area (TPSA) is 46.9 Å². The van der Waals surface area contributed by atoms with Gasteiger partial charge in [0.2, 0.25) is 5.91 Å². The molecule has 0 saturated carbocycles. The maximum absolute atomic E-state index is 12.1. The SMILES string of the molecule is CC(C)Cc1ccc(C(C)NC(=O)CSc2nccn2C)cc1. The quantitative estimate of drug-likeness (QED) is 0.789. The number of imidazole rings is 1. The number of rotatable bonds is 7. The Bertz CT molecular complexity index is 634. The van der Waals surface area contributed by atoms with Crippen LogP contribution in [0.3, 0.4) is 0 Å². The Morgan fingerprint density at radius 2 is 1.96 bits per heavy atom. The van der Waals surface area contributed by atoms with E-state index in [9.17, 15) is 4.79 Å². The summed E-state index contributed by atoms with van der Waals surface area (Å²) in [5.41, 5.74) is 2.47. The molecule has 5 heteroatoms. The van der Waals surface area contributed by atoms with Gasteiger partial charge in [0, 0.05) is 19.4 Å². The maximum atomic E-state index is 12.1. The number of thioether (sulfide) groups is 1. The summed E-state index contributed by atoms with van der Waals surface area (Å²) in [7, 11) is 1.93. The molecule has 23 heavy (non-hydrogen) atoms. The minimum atomic E-state index is 0.0116. The number of carbonyl (C=O) groups excluding carboxylic acids is 1. The number of hydrogen-bond acceptors (Lipinski definition) is 3. The molecule has 1 aromatic carbocycles. The van der Waals surface area contributed by atoms with E-state index in [0.717, 1.165) is 17.1 Å². The highest BCUT2D eigenvalue weighted by Gasteiger charge is 2.11. The van der Waals surface area contributed by atoms with E-state index in [1.807, 2.05) is 24.7 Å². The first-order chi connectivity index (χ1) is 11.0. The van der Waals surface area contributed by atoms with Gasteiger partial charge in [-0.2, -0.15) is 0 Å². The van der Waals surface area contributed by atoms with Crippen molar-refractivity contribution in [2.24, 2.45) is 13.0 Å². The Hall–Kier alpha value is -1.75. The van der Waals surface area contributed by atoms with Crippen LogP contribution < -0.4 is 5.32 Å². The lowest BCUT2D eigenvalue weighted by atomic mass is 10.00. The summed E-state index contributed by atoms with van der Waals surface area (Å²) in [5.74, 6) is 1.05. The van der Waals surface area contributed by atoms with Gasteiger partial charge in [0.15, 0.2) is 5.16 Å². The van der Waals surface area contributed by atoms with Crippen molar-refractivity contribution in [2.45, 2.75) is 38.4 Å². The Morgan fingerprint density at radius 1 is 1.26 bits per heavy atom. The third-order valence-electron chi connectivity index (χ3n) is 3.61. The largest absolute Gasteiger partial charge is 0.349 e. The van der Waals surface area contributed by atoms with E-state index >= 15 is 0 Å². The molecule has 0 spiro atoms. The molecular weight excluding hydrogens is 306 g/mol. The second kappa shape index (κ2) is 8.20. The normalized spacial score (nSPS) is 12.4. The molecule has 1 unspecified atom stereocenters. The fraction of sp³-hybridized carbons (Fsp3) is 0.444. The molecule has 124 valence electrons. The molecule has 1 heterocycles. The Morgan fingerprint density at radius 3 is 2.52 bits per heavy atom. The summed E-state index contributed by atoms with van der Waals surface area (Å²) < 4.78 is 1.91. The predicted molar refractivity (Wildman–Crippen MR) is 95.5 cm³/mol. The van der Waals surface area contributed by atoms with Crippen LogP contribution in [0.25, 0.3) is 0 Å². The highest BCUT2D eigenvalue weighted by molar-refractivity contribution is 7.99. The second-order valence-corrected chi connectivity index (χ2v) is 7.18. The average molecular weight is 331 g/mol. The summed E-state index contributed by atoms with van der Waals surface area (Å²) >= 11 is 1.45. The highest BCUT2D eigenvalue weighted by atomic mass is 32.2. The molecule has 0 aliphatic carbocycles. The molecule has 4 nitrogen and oxygen atoms in total. The van der Waals surface area contributed by atoms with E-state index in [-0.39, 0.29) is 11.9 Å². The van der Waals surface area contributed by atoms with E-state index < -0.39 is 0 Å². The van der Waals surface area contributed by atoms with Crippen molar-refractivity contribution in [3.8, 4) is 0 Å². The minimum Gasteiger partial charge on any atom is -0.349 e. The van der Waals surface area contributed by atoms with Gasteiger partial charge in [-0.1, -0.05) is 49.9 Å². The van der Waals surface area contributed by atoms with Gasteiger partial charge < -0.3 is 9.88 Å². The van der Waals surface area contributed by atoms with Crippen molar-refractivity contribution >= 4 is 17.7 Å². The Balaban J connectivity index is 1.84. The van der Waals surface area contributed by atoms with Crippen LogP contribution in [0.2, 0.25) is 0 Å². The van der Waals surface area contributed by atoms with Crippen LogP contribution in [0.5, 0.6) is 0 Å². The van der Waals surface area contributed by atoms with Gasteiger partial charge in [0.25, 0.3) is 0 Å². The van der Waals surface area contributed by atoms with E-state index in [1.165, 1.54) is 17.3 Å². The maximum Gasteiger partial charge on any atom is 0.230 e. The number of benzene rings is 1. The zero-order chi connectivity index (χ0) is 16.8. The predicted octanol–water partition coefficient (Wildman–Crippen LogP) is 3.59. The summed E-state index contributed by atoms with van der Waals surface area (Å²) in [5, 5.41) is 3.89. The number of hydrogen-bond donors (Lipinski definition) is 1. The summed E-state index contributed by atoms with van der Waals surface area (Å²) in [6, 6.07) is 8.53. The van der Waals surface area contributed by atoms with Crippen molar-refractivity contribution in [3.63, 3.8) is 0 Å². The number of nitrogens with one attached hydrogen (secondary N) is 1. The van der Waals surface area contributed by atoms with E-state index in [2.05, 4.69) is 48.4 Å². The van der Waals surface area contributed by atoms with Crippen molar-refractivity contribution in [1.82, 2.24) is 14.9 Å².